The molecule has 0 bridgehead atoms. The SMILES string of the molecule is [K+].[Si][Si-][Si]. The van der Waals surface area contributed by atoms with E-state index in [0.29, 0.717) is 8.55 Å². The van der Waals surface area contributed by atoms with E-state index in [1.165, 1.54) is 0 Å². The van der Waals surface area contributed by atoms with Crippen LogP contribution in [0.25, 0.3) is 0 Å². The van der Waals surface area contributed by atoms with Gasteiger partial charge in [0.25, 0.3) is 0 Å². The molecule has 0 amide bonds. The third-order valence-corrected chi connectivity index (χ3v) is 0. The fraction of sp³-hybridized carbons (Fsp3) is 0. The van der Waals surface area contributed by atoms with Crippen LogP contribution < -0.4 is 51.4 Å². The number of hydrogen-bond donors (Lipinski definition) is 0. The number of rotatable bonds is 0. The number of hydrogen-bond acceptors (Lipinski definition) is 0. The quantitative estimate of drug-likeness (QED) is 0.287. The van der Waals surface area contributed by atoms with Crippen LogP contribution in [0.5, 0.6) is 0 Å². The third-order valence-electron chi connectivity index (χ3n) is 0. The van der Waals surface area contributed by atoms with Crippen LogP contribution in [0.2, 0.25) is 0 Å². The van der Waals surface area contributed by atoms with E-state index in [4.69, 9.17) is 0 Å². The van der Waals surface area contributed by atoms with E-state index in [1.54, 1.807) is 0 Å². The Morgan fingerprint density at radius 1 is 1.25 bits per heavy atom. The van der Waals surface area contributed by atoms with Gasteiger partial charge >= 0.3 is 51.4 Å². The van der Waals surface area contributed by atoms with Crippen molar-refractivity contribution < 1.29 is 51.4 Å². The minimum atomic E-state index is 0. The fourth-order valence-corrected chi connectivity index (χ4v) is 0. The Morgan fingerprint density at radius 3 is 1.25 bits per heavy atom. The van der Waals surface area contributed by atoms with Gasteiger partial charge in [-0.1, -0.05) is 0 Å². The Labute approximate surface area is 77.8 Å². The van der Waals surface area contributed by atoms with Crippen LogP contribution in [0.15, 0.2) is 0 Å². The van der Waals surface area contributed by atoms with Crippen LogP contribution >= 0.6 is 0 Å². The standard InChI is InChI=1S/K.Si3/c;1-3-2/q+1;-1. The minimum absolute atomic E-state index is 0. The molecule has 0 aliphatic heterocycles. The van der Waals surface area contributed by atoms with Gasteiger partial charge in [0, 0.05) is 0 Å². The summed E-state index contributed by atoms with van der Waals surface area (Å²) in [6, 6.07) is 0. The molecule has 0 atom stereocenters. The molecule has 0 aliphatic rings. The van der Waals surface area contributed by atoms with Crippen molar-refractivity contribution >= 4 is 28.1 Å². The predicted octanol–water partition coefficient (Wildman–Crippen LogP) is -4.14. The Morgan fingerprint density at radius 2 is 1.25 bits per heavy atom. The van der Waals surface area contributed by atoms with Gasteiger partial charge in [-0.15, -0.1) is 0 Å². The third kappa shape index (κ3) is 8.86. The molecule has 13 valence electrons. The van der Waals surface area contributed by atoms with Gasteiger partial charge in [-0.05, 0) is 0 Å². The zero-order chi connectivity index (χ0) is 2.71. The molecule has 0 unspecified atom stereocenters. The first-order valence-electron chi connectivity index (χ1n) is 0.500. The van der Waals surface area contributed by atoms with Crippen LogP contribution in [0.3, 0.4) is 0 Å². The van der Waals surface area contributed by atoms with Gasteiger partial charge in [-0.3, -0.25) is 19.5 Å². The molecule has 4 heteroatoms. The van der Waals surface area contributed by atoms with Crippen molar-refractivity contribution in [2.75, 3.05) is 0 Å². The molecule has 0 saturated carbocycles. The van der Waals surface area contributed by atoms with Gasteiger partial charge in [-0.2, -0.15) is 0 Å². The Hall–Kier alpha value is 2.29. The van der Waals surface area contributed by atoms with Crippen molar-refractivity contribution in [3.63, 3.8) is 0 Å². The topological polar surface area (TPSA) is 0 Å². The Kier molecular flexibility index (Phi) is 21.5. The van der Waals surface area contributed by atoms with E-state index in [9.17, 15) is 0 Å². The van der Waals surface area contributed by atoms with E-state index in [2.05, 4.69) is 19.5 Å². The van der Waals surface area contributed by atoms with Crippen LogP contribution in [-0.2, 0) is 0 Å². The van der Waals surface area contributed by atoms with Crippen molar-refractivity contribution in [1.82, 2.24) is 0 Å². The van der Waals surface area contributed by atoms with Gasteiger partial charge in [0.2, 0.25) is 0 Å². The predicted molar refractivity (Wildman–Crippen MR) is 17.3 cm³/mol. The fourth-order valence-electron chi connectivity index (χ4n) is 0. The molecule has 0 fully saturated rings. The summed E-state index contributed by atoms with van der Waals surface area (Å²) in [5.74, 6) is 0. The first kappa shape index (κ1) is 9.56. The van der Waals surface area contributed by atoms with E-state index >= 15 is 0 Å². The van der Waals surface area contributed by atoms with Gasteiger partial charge < -0.3 is 8.55 Å². The molecule has 0 aromatic rings. The van der Waals surface area contributed by atoms with Gasteiger partial charge in [-0.25, -0.2) is 0 Å². The van der Waals surface area contributed by atoms with Gasteiger partial charge in [0.05, 0.1) is 0 Å². The second-order valence-corrected chi connectivity index (χ2v) is 3.38. The summed E-state index contributed by atoms with van der Waals surface area (Å²) >= 11 is 0. The Bertz CT molecular complexity index is 3.25. The summed E-state index contributed by atoms with van der Waals surface area (Å²) in [6.45, 7) is 0. The van der Waals surface area contributed by atoms with E-state index in [-0.39, 0.29) is 51.4 Å². The molecule has 0 aromatic heterocycles. The summed E-state index contributed by atoms with van der Waals surface area (Å²) in [5, 5.41) is 0. The summed E-state index contributed by atoms with van der Waals surface area (Å²) in [4.78, 5) is 0. The largest absolute Gasteiger partial charge is 1.00 e. The van der Waals surface area contributed by atoms with Crippen LogP contribution in [0.4, 0.5) is 0 Å². The molecule has 4 heavy (non-hydrogen) atoms. The maximum Gasteiger partial charge on any atom is 1.00 e. The summed E-state index contributed by atoms with van der Waals surface area (Å²) in [6.07, 6.45) is 0. The zero-order valence-corrected chi connectivity index (χ0v) is 8.62. The van der Waals surface area contributed by atoms with Crippen molar-refractivity contribution in [3.05, 3.63) is 0 Å². The van der Waals surface area contributed by atoms with Gasteiger partial charge in [0.1, 0.15) is 0 Å². The molecular weight excluding hydrogens is 123 g/mol. The first-order valence-corrected chi connectivity index (χ1v) is 4.50. The summed E-state index contributed by atoms with van der Waals surface area (Å²) in [7, 11) is 6.94. The second kappa shape index (κ2) is 8.99. The average molecular weight is 123 g/mol. The normalized spacial score (nSPS) is 4.50. The molecular formula is KSi3. The molecule has 0 aromatic carbocycles. The zero-order valence-electron chi connectivity index (χ0n) is 2.50. The maximum absolute atomic E-state index is 3.12. The van der Waals surface area contributed by atoms with Crippen molar-refractivity contribution in [2.45, 2.75) is 0 Å². The van der Waals surface area contributed by atoms with Crippen LogP contribution in [0.1, 0.15) is 0 Å². The molecule has 0 N–H and O–H groups in total. The monoisotopic (exact) mass is 123 g/mol. The molecule has 0 spiro atoms. The van der Waals surface area contributed by atoms with E-state index in [0.717, 1.165) is 0 Å². The van der Waals surface area contributed by atoms with E-state index in [1.807, 2.05) is 0 Å². The maximum atomic E-state index is 3.12. The van der Waals surface area contributed by atoms with Gasteiger partial charge in [0.15, 0.2) is 0 Å². The van der Waals surface area contributed by atoms with Crippen molar-refractivity contribution in [1.29, 1.82) is 0 Å². The Balaban J connectivity index is 0. The van der Waals surface area contributed by atoms with Crippen molar-refractivity contribution in [2.24, 2.45) is 0 Å². The summed E-state index contributed by atoms with van der Waals surface area (Å²) in [5.41, 5.74) is 0. The van der Waals surface area contributed by atoms with E-state index < -0.39 is 0 Å². The first-order chi connectivity index (χ1) is 1.41. The second-order valence-electron chi connectivity index (χ2n) is 0.125. The molecule has 7 radical (unpaired) electrons. The average Bonchev–Trinajstić information content (AvgIpc) is 0.918. The molecule has 0 aliphatic carbocycles. The smallest absolute Gasteiger partial charge is 0.462 e. The molecule has 0 heterocycles. The van der Waals surface area contributed by atoms with Crippen molar-refractivity contribution in [3.8, 4) is 0 Å². The molecule has 0 rings (SSSR count). The molecule has 0 saturated heterocycles. The van der Waals surface area contributed by atoms with Crippen LogP contribution in [0, 0.1) is 0 Å². The summed E-state index contributed by atoms with van der Waals surface area (Å²) < 4.78 is 0. The minimum Gasteiger partial charge on any atom is -0.462 e. The molecule has 0 nitrogen and oxygen atoms in total. The van der Waals surface area contributed by atoms with Crippen LogP contribution in [-0.4, -0.2) is 28.1 Å².